The maximum absolute atomic E-state index is 6.52. The molecule has 3 heterocycles. The van der Waals surface area contributed by atoms with Gasteiger partial charge in [-0.25, -0.2) is 4.98 Å². The first-order valence-electron chi connectivity index (χ1n) is 17.5. The number of fused-ring (bicyclic) bond motifs is 3. The number of hydrogen-bond acceptors (Lipinski definition) is 4. The molecule has 7 rings (SSSR count). The van der Waals surface area contributed by atoms with Gasteiger partial charge in [0, 0.05) is 61.1 Å². The van der Waals surface area contributed by atoms with Crippen LogP contribution in [0.4, 0.5) is 11.4 Å². The van der Waals surface area contributed by atoms with E-state index in [2.05, 4.69) is 164 Å². The van der Waals surface area contributed by atoms with Crippen molar-refractivity contribution in [1.82, 2.24) is 9.55 Å². The largest absolute Gasteiger partial charge is 0.509 e. The summed E-state index contributed by atoms with van der Waals surface area (Å²) >= 11 is 0. The topological polar surface area (TPSA) is 33.5 Å². The molecule has 0 aliphatic carbocycles. The first-order chi connectivity index (χ1) is 23.6. The summed E-state index contributed by atoms with van der Waals surface area (Å²) in [7, 11) is 0. The van der Waals surface area contributed by atoms with Crippen LogP contribution in [0, 0.1) is 58.8 Å². The van der Waals surface area contributed by atoms with Crippen LogP contribution in [-0.2, 0) is 26.5 Å². The Morgan fingerprint density at radius 2 is 1.35 bits per heavy atom. The Labute approximate surface area is 318 Å². The monoisotopic (exact) mass is 854 g/mol. The van der Waals surface area contributed by atoms with Crippen molar-refractivity contribution in [3.8, 4) is 17.3 Å². The first kappa shape index (κ1) is 36.4. The van der Waals surface area contributed by atoms with Gasteiger partial charge in [-0.2, -0.15) is 12.1 Å². The molecule has 0 amide bonds. The van der Waals surface area contributed by atoms with E-state index in [9.17, 15) is 0 Å². The molecule has 5 nitrogen and oxygen atoms in total. The third kappa shape index (κ3) is 6.51. The minimum Gasteiger partial charge on any atom is -0.509 e. The van der Waals surface area contributed by atoms with Crippen LogP contribution in [0.1, 0.15) is 74.9 Å². The van der Waals surface area contributed by atoms with E-state index < -0.39 is 0 Å². The second-order valence-electron chi connectivity index (χ2n) is 15.7. The van der Waals surface area contributed by atoms with Gasteiger partial charge in [-0.1, -0.05) is 65.3 Å². The summed E-state index contributed by atoms with van der Waals surface area (Å²) in [4.78, 5) is 9.35. The number of hydrogen-bond donors (Lipinski definition) is 0. The zero-order valence-corrected chi connectivity index (χ0v) is 33.9. The summed E-state index contributed by atoms with van der Waals surface area (Å²) in [5.74, 6) is 2.11. The van der Waals surface area contributed by atoms with Crippen molar-refractivity contribution in [2.45, 2.75) is 81.6 Å². The number of allylic oxidation sites excluding steroid dienone is 1. The second-order valence-corrected chi connectivity index (χ2v) is 15.7. The second kappa shape index (κ2) is 13.3. The Hall–Kier alpha value is -4.34. The number of pyridine rings is 1. The third-order valence-corrected chi connectivity index (χ3v) is 10.4. The number of benzene rings is 4. The van der Waals surface area contributed by atoms with Gasteiger partial charge in [-0.15, -0.1) is 48.1 Å². The summed E-state index contributed by atoms with van der Waals surface area (Å²) in [5, 5.41) is 2.26. The molecule has 51 heavy (non-hydrogen) atoms. The third-order valence-electron chi connectivity index (χ3n) is 10.4. The molecule has 6 aromatic rings. The van der Waals surface area contributed by atoms with E-state index in [1.807, 2.05) is 24.4 Å². The zero-order chi connectivity index (χ0) is 35.7. The molecule has 0 spiro atoms. The molecular weight excluding hydrogens is 808 g/mol. The number of nitrogens with zero attached hydrogens (tertiary/aromatic N) is 4. The fraction of sp³-hybridized carbons (Fsp3) is 0.289. The molecule has 6 heteroatoms. The quantitative estimate of drug-likeness (QED) is 0.162. The van der Waals surface area contributed by atoms with Crippen LogP contribution in [0.3, 0.4) is 0 Å². The Balaban J connectivity index is 0.00000448. The van der Waals surface area contributed by atoms with Crippen molar-refractivity contribution in [2.75, 3.05) is 9.80 Å². The van der Waals surface area contributed by atoms with Gasteiger partial charge >= 0.3 is 0 Å². The van der Waals surface area contributed by atoms with E-state index in [4.69, 9.17) is 9.72 Å². The number of ether oxygens (including phenoxy) is 1. The molecule has 0 N–H and O–H groups in total. The minimum absolute atomic E-state index is 0. The number of anilines is 2. The molecule has 0 fully saturated rings. The van der Waals surface area contributed by atoms with Gasteiger partial charge in [0.15, 0.2) is 0 Å². The van der Waals surface area contributed by atoms with Gasteiger partial charge in [-0.3, -0.25) is 0 Å². The van der Waals surface area contributed by atoms with E-state index in [1.165, 1.54) is 44.8 Å². The number of rotatable bonds is 5. The molecule has 0 saturated carbocycles. The van der Waals surface area contributed by atoms with E-state index in [0.717, 1.165) is 33.3 Å². The maximum Gasteiger partial charge on any atom is 0.135 e. The van der Waals surface area contributed by atoms with Crippen LogP contribution in [0.25, 0.3) is 27.6 Å². The van der Waals surface area contributed by atoms with Gasteiger partial charge < -0.3 is 19.1 Å². The van der Waals surface area contributed by atoms with Crippen LogP contribution in [0.2, 0.25) is 0 Å². The predicted octanol–water partition coefficient (Wildman–Crippen LogP) is 11.7. The first-order valence-corrected chi connectivity index (χ1v) is 17.5. The molecule has 266 valence electrons. The van der Waals surface area contributed by atoms with Crippen LogP contribution in [-0.4, -0.2) is 9.55 Å². The summed E-state index contributed by atoms with van der Waals surface area (Å²) < 4.78 is 8.71. The van der Waals surface area contributed by atoms with Crippen LogP contribution >= 0.6 is 0 Å². The van der Waals surface area contributed by atoms with Gasteiger partial charge in [-0.05, 0) is 103 Å². The summed E-state index contributed by atoms with van der Waals surface area (Å²) in [6, 6.07) is 30.1. The summed E-state index contributed by atoms with van der Waals surface area (Å²) in [5.41, 5.74) is 13.2. The van der Waals surface area contributed by atoms with Crippen molar-refractivity contribution in [3.63, 3.8) is 0 Å². The molecule has 4 aromatic carbocycles. The van der Waals surface area contributed by atoms with Crippen LogP contribution < -0.4 is 14.5 Å². The fourth-order valence-corrected chi connectivity index (χ4v) is 7.06. The predicted molar refractivity (Wildman–Crippen MR) is 208 cm³/mol. The minimum atomic E-state index is -0.0883. The molecule has 0 atom stereocenters. The standard InChI is InChI=1S/C45H47N4O.Pt/c1-28-29(2)31(4)43(32(5)30(28)3)48-27-47(26-41(48)45(9,10)11)34-15-14-16-35(24-34)50-36-19-20-38-37-17-12-13-18-39(37)49(40(38)25-36)42-23-33(21-22-46-42)44(6,7)8;/h12-23,26-27H,1-11H3;/q-3;. The zero-order valence-electron chi connectivity index (χ0n) is 31.6. The van der Waals surface area contributed by atoms with E-state index >= 15 is 0 Å². The van der Waals surface area contributed by atoms with Gasteiger partial charge in [0.1, 0.15) is 5.82 Å². The Kier molecular flexibility index (Phi) is 9.53. The summed E-state index contributed by atoms with van der Waals surface area (Å²) in [6.45, 7) is 26.9. The molecule has 2 aromatic heterocycles. The van der Waals surface area contributed by atoms with Crippen molar-refractivity contribution < 1.29 is 25.8 Å². The van der Waals surface area contributed by atoms with Crippen molar-refractivity contribution in [2.24, 2.45) is 5.41 Å². The normalized spacial score (nSPS) is 13.6. The smallest absolute Gasteiger partial charge is 0.135 e. The molecule has 0 unspecified atom stereocenters. The SMILES string of the molecule is Cc1c(C)c(C)c(N2[CH-]N(c3[c-]c(Oc4[c-]c5c(cc4)c4ccccc4n5-c4cc(C(C)(C)C)ccn4)ccc3)C=C2C(C)(C)C)c(C)c1C.[Pt]. The average molecular weight is 855 g/mol. The van der Waals surface area contributed by atoms with E-state index in [0.29, 0.717) is 11.5 Å². The summed E-state index contributed by atoms with van der Waals surface area (Å²) in [6.07, 6.45) is 4.13. The number of aromatic nitrogens is 2. The molecule has 1 aliphatic rings. The Morgan fingerprint density at radius 3 is 2.04 bits per heavy atom. The average Bonchev–Trinajstić information content (AvgIpc) is 3.67. The molecule has 0 bridgehead atoms. The van der Waals surface area contributed by atoms with Crippen molar-refractivity contribution in [1.29, 1.82) is 0 Å². The molecule has 0 saturated heterocycles. The van der Waals surface area contributed by atoms with Crippen LogP contribution in [0.15, 0.2) is 84.8 Å². The van der Waals surface area contributed by atoms with Crippen LogP contribution in [0.5, 0.6) is 11.5 Å². The molecule has 1 aliphatic heterocycles. The van der Waals surface area contributed by atoms with E-state index in [1.54, 1.807) is 0 Å². The van der Waals surface area contributed by atoms with Gasteiger partial charge in [0.2, 0.25) is 0 Å². The Morgan fingerprint density at radius 1 is 0.686 bits per heavy atom. The fourth-order valence-electron chi connectivity index (χ4n) is 7.06. The van der Waals surface area contributed by atoms with Gasteiger partial charge in [0.05, 0.1) is 0 Å². The Bertz CT molecular complexity index is 2290. The van der Waals surface area contributed by atoms with Crippen molar-refractivity contribution >= 4 is 33.2 Å². The number of para-hydroxylation sites is 1. The maximum atomic E-state index is 6.52. The molecule has 0 radical (unpaired) electrons. The van der Waals surface area contributed by atoms with Gasteiger partial charge in [0.25, 0.3) is 0 Å². The van der Waals surface area contributed by atoms with E-state index in [-0.39, 0.29) is 31.9 Å². The molecular formula is C45H47N4OPt-3. The van der Waals surface area contributed by atoms with Crippen molar-refractivity contribution in [3.05, 3.63) is 137 Å².